The molecule has 2 N–H and O–H groups in total. The molecular formula is C30H46O2S. The van der Waals surface area contributed by atoms with Crippen LogP contribution >= 0.6 is 11.8 Å². The largest absolute Gasteiger partial charge is 0.507 e. The molecule has 0 atom stereocenters. The molecule has 0 saturated carbocycles. The van der Waals surface area contributed by atoms with Gasteiger partial charge in [-0.05, 0) is 69.9 Å². The molecule has 0 aromatic heterocycles. The number of aromatic hydroxyl groups is 2. The molecule has 0 unspecified atom stereocenters. The van der Waals surface area contributed by atoms with Crippen molar-refractivity contribution in [1.82, 2.24) is 0 Å². The lowest BCUT2D eigenvalue weighted by Crippen LogP contribution is -2.07. The highest BCUT2D eigenvalue weighted by molar-refractivity contribution is 7.99. The van der Waals surface area contributed by atoms with Crippen LogP contribution in [0.2, 0.25) is 0 Å². The van der Waals surface area contributed by atoms with Gasteiger partial charge in [-0.1, -0.05) is 94.8 Å². The fraction of sp³-hybridized carbons (Fsp3) is 0.600. The van der Waals surface area contributed by atoms with E-state index in [-0.39, 0.29) is 23.7 Å². The Balaban J connectivity index is 2.94. The molecule has 0 heterocycles. The number of hydrogen-bond acceptors (Lipinski definition) is 3. The third-order valence-corrected chi connectivity index (χ3v) is 7.63. The van der Waals surface area contributed by atoms with Crippen LogP contribution in [0.5, 0.6) is 11.5 Å². The number of phenols is 2. The topological polar surface area (TPSA) is 40.5 Å². The molecule has 0 amide bonds. The second kappa shape index (κ2) is 10.8. The average Bonchev–Trinajstić information content (AvgIpc) is 2.67. The normalized spacial score (nSPS) is 12.4. The summed E-state index contributed by atoms with van der Waals surface area (Å²) in [6.45, 7) is 26.2. The lowest BCUT2D eigenvalue weighted by Gasteiger charge is -2.28. The smallest absolute Gasteiger partial charge is 0.122 e. The summed E-state index contributed by atoms with van der Waals surface area (Å²) in [5.74, 6) is 2.48. The van der Waals surface area contributed by atoms with E-state index >= 15 is 0 Å². The molecule has 3 heteroatoms. The van der Waals surface area contributed by atoms with Crippen LogP contribution in [-0.2, 0) is 0 Å². The van der Waals surface area contributed by atoms with E-state index in [9.17, 15) is 10.2 Å². The predicted octanol–water partition coefficient (Wildman–Crippen LogP) is 9.99. The SMILES string of the molecule is CC(C)c1cc(Sc2cc(C(C)C)c(O)c(C(C)C)c2C(C)C)c(C(C)C)c(C(C)C)c1O. The van der Waals surface area contributed by atoms with Gasteiger partial charge in [0, 0.05) is 20.9 Å². The summed E-state index contributed by atoms with van der Waals surface area (Å²) in [7, 11) is 0. The van der Waals surface area contributed by atoms with Crippen LogP contribution in [0, 0.1) is 0 Å². The summed E-state index contributed by atoms with van der Waals surface area (Å²) in [6.07, 6.45) is 0. The van der Waals surface area contributed by atoms with Gasteiger partial charge in [0.15, 0.2) is 0 Å². The van der Waals surface area contributed by atoms with Crippen LogP contribution in [0.25, 0.3) is 0 Å². The van der Waals surface area contributed by atoms with Crippen molar-refractivity contribution < 1.29 is 10.2 Å². The predicted molar refractivity (Wildman–Crippen MR) is 145 cm³/mol. The Morgan fingerprint density at radius 2 is 0.727 bits per heavy atom. The van der Waals surface area contributed by atoms with Crippen molar-refractivity contribution in [3.05, 3.63) is 45.5 Å². The fourth-order valence-corrected chi connectivity index (χ4v) is 6.45. The zero-order valence-electron chi connectivity index (χ0n) is 22.9. The molecule has 2 aromatic carbocycles. The van der Waals surface area contributed by atoms with E-state index in [2.05, 4.69) is 95.2 Å². The van der Waals surface area contributed by atoms with Crippen molar-refractivity contribution in [2.75, 3.05) is 0 Å². The fourth-order valence-electron chi connectivity index (χ4n) is 4.93. The van der Waals surface area contributed by atoms with Crippen LogP contribution in [-0.4, -0.2) is 10.2 Å². The third-order valence-electron chi connectivity index (χ3n) is 6.51. The Morgan fingerprint density at radius 1 is 0.455 bits per heavy atom. The van der Waals surface area contributed by atoms with Gasteiger partial charge >= 0.3 is 0 Å². The summed E-state index contributed by atoms with van der Waals surface area (Å²) in [6, 6.07) is 4.43. The molecule has 33 heavy (non-hydrogen) atoms. The van der Waals surface area contributed by atoms with Crippen LogP contribution in [0.1, 0.15) is 152 Å². The summed E-state index contributed by atoms with van der Waals surface area (Å²) < 4.78 is 0. The van der Waals surface area contributed by atoms with Gasteiger partial charge in [-0.25, -0.2) is 0 Å². The van der Waals surface area contributed by atoms with Crippen molar-refractivity contribution >= 4 is 11.8 Å². The number of phenolic OH excluding ortho intramolecular Hbond substituents is 2. The first-order valence-electron chi connectivity index (χ1n) is 12.7. The summed E-state index contributed by atoms with van der Waals surface area (Å²) >= 11 is 1.82. The molecule has 0 spiro atoms. The van der Waals surface area contributed by atoms with Crippen molar-refractivity contribution in [3.63, 3.8) is 0 Å². The first-order valence-corrected chi connectivity index (χ1v) is 13.5. The Hall–Kier alpha value is -1.61. The van der Waals surface area contributed by atoms with Crippen molar-refractivity contribution in [2.24, 2.45) is 0 Å². The van der Waals surface area contributed by atoms with Gasteiger partial charge in [0.25, 0.3) is 0 Å². The maximum Gasteiger partial charge on any atom is 0.122 e. The summed E-state index contributed by atoms with van der Waals surface area (Å²) in [5, 5.41) is 22.4. The zero-order chi connectivity index (χ0) is 25.4. The maximum absolute atomic E-state index is 11.2. The lowest BCUT2D eigenvalue weighted by atomic mass is 9.85. The Bertz CT molecular complexity index is 902. The quantitative estimate of drug-likeness (QED) is 0.403. The van der Waals surface area contributed by atoms with E-state index in [1.165, 1.54) is 20.9 Å². The molecule has 0 bridgehead atoms. The van der Waals surface area contributed by atoms with E-state index in [1.807, 2.05) is 11.8 Å². The molecule has 0 fully saturated rings. The molecule has 184 valence electrons. The van der Waals surface area contributed by atoms with Crippen LogP contribution < -0.4 is 0 Å². The van der Waals surface area contributed by atoms with E-state index in [0.717, 1.165) is 22.3 Å². The van der Waals surface area contributed by atoms with E-state index in [4.69, 9.17) is 0 Å². The molecule has 0 radical (unpaired) electrons. The maximum atomic E-state index is 11.2. The minimum atomic E-state index is 0.238. The zero-order valence-corrected chi connectivity index (χ0v) is 23.7. The highest BCUT2D eigenvalue weighted by atomic mass is 32.2. The number of rotatable bonds is 8. The number of benzene rings is 2. The van der Waals surface area contributed by atoms with Gasteiger partial charge in [-0.3, -0.25) is 0 Å². The average molecular weight is 471 g/mol. The van der Waals surface area contributed by atoms with Gasteiger partial charge in [-0.15, -0.1) is 0 Å². The molecule has 2 aromatic rings. The minimum absolute atomic E-state index is 0.238. The molecule has 0 aliphatic rings. The Kier molecular flexibility index (Phi) is 9.01. The van der Waals surface area contributed by atoms with Gasteiger partial charge in [0.2, 0.25) is 0 Å². The van der Waals surface area contributed by atoms with E-state index < -0.39 is 0 Å². The molecule has 2 nitrogen and oxygen atoms in total. The second-order valence-corrected chi connectivity index (χ2v) is 12.4. The van der Waals surface area contributed by atoms with Crippen LogP contribution in [0.3, 0.4) is 0 Å². The molecular weight excluding hydrogens is 424 g/mol. The third kappa shape index (κ3) is 5.56. The second-order valence-electron chi connectivity index (χ2n) is 11.3. The first kappa shape index (κ1) is 27.6. The highest BCUT2D eigenvalue weighted by Gasteiger charge is 2.27. The van der Waals surface area contributed by atoms with Gasteiger partial charge in [-0.2, -0.15) is 0 Å². The van der Waals surface area contributed by atoms with Gasteiger partial charge < -0.3 is 10.2 Å². The summed E-state index contributed by atoms with van der Waals surface area (Å²) in [5.41, 5.74) is 6.69. The Labute approximate surface area is 207 Å². The molecule has 2 rings (SSSR count). The molecule has 0 aliphatic heterocycles. The molecule has 0 aliphatic carbocycles. The molecule has 0 saturated heterocycles. The van der Waals surface area contributed by atoms with Crippen molar-refractivity contribution in [2.45, 2.75) is 128 Å². The van der Waals surface area contributed by atoms with Gasteiger partial charge in [0.1, 0.15) is 11.5 Å². The van der Waals surface area contributed by atoms with E-state index in [1.54, 1.807) is 0 Å². The van der Waals surface area contributed by atoms with Crippen LogP contribution in [0.15, 0.2) is 21.9 Å². The lowest BCUT2D eigenvalue weighted by molar-refractivity contribution is 0.450. The first-order chi connectivity index (χ1) is 15.2. The number of hydrogen-bond donors (Lipinski definition) is 2. The summed E-state index contributed by atoms with van der Waals surface area (Å²) in [4.78, 5) is 2.46. The van der Waals surface area contributed by atoms with Crippen LogP contribution in [0.4, 0.5) is 0 Å². The Morgan fingerprint density at radius 3 is 0.939 bits per heavy atom. The monoisotopic (exact) mass is 470 g/mol. The minimum Gasteiger partial charge on any atom is -0.507 e. The van der Waals surface area contributed by atoms with Crippen molar-refractivity contribution in [1.29, 1.82) is 0 Å². The highest BCUT2D eigenvalue weighted by Crippen LogP contribution is 2.50. The van der Waals surface area contributed by atoms with E-state index in [0.29, 0.717) is 23.3 Å². The van der Waals surface area contributed by atoms with Gasteiger partial charge in [0.05, 0.1) is 0 Å². The standard InChI is InChI=1S/C30H46O2S/c1-15(2)21-13-23(25(17(5)6)27(19(9)10)29(21)31)33-24-14-22(16(3)4)30(32)28(20(11)12)26(24)18(7)8/h13-20,31-32H,1-12H3. The van der Waals surface area contributed by atoms with Crippen molar-refractivity contribution in [3.8, 4) is 11.5 Å².